The minimum absolute atomic E-state index is 0.0428. The summed E-state index contributed by atoms with van der Waals surface area (Å²) in [5, 5.41) is 15.4. The molecule has 4 nitrogen and oxygen atoms in total. The fraction of sp³-hybridized carbons (Fsp3) is 0.786. The highest BCUT2D eigenvalue weighted by Gasteiger charge is 2.31. The summed E-state index contributed by atoms with van der Waals surface area (Å²) in [5.41, 5.74) is -0.0428. The molecule has 1 amide bonds. The first-order valence-electron chi connectivity index (χ1n) is 6.69. The molecule has 0 aromatic rings. The lowest BCUT2D eigenvalue weighted by molar-refractivity contribution is -0.122. The first-order chi connectivity index (χ1) is 8.63. The molecule has 3 N–H and O–H groups in total. The molecule has 0 aromatic heterocycles. The van der Waals surface area contributed by atoms with E-state index in [4.69, 9.17) is 6.42 Å². The molecule has 0 heterocycles. The molecule has 0 aromatic carbocycles. The first kappa shape index (κ1) is 15.0. The van der Waals surface area contributed by atoms with Crippen LogP contribution in [0, 0.1) is 17.8 Å². The molecule has 1 aliphatic rings. The molecule has 0 saturated heterocycles. The maximum Gasteiger partial charge on any atom is 0.237 e. The van der Waals surface area contributed by atoms with E-state index >= 15 is 0 Å². The van der Waals surface area contributed by atoms with Gasteiger partial charge in [-0.2, -0.15) is 0 Å². The Morgan fingerprint density at radius 3 is 2.67 bits per heavy atom. The molecule has 1 aliphatic carbocycles. The molecule has 0 radical (unpaired) electrons. The Morgan fingerprint density at radius 2 is 2.11 bits per heavy atom. The average molecular weight is 252 g/mol. The largest absolute Gasteiger partial charge is 0.396 e. The first-order valence-corrected chi connectivity index (χ1v) is 6.69. The third-order valence-corrected chi connectivity index (χ3v) is 3.79. The van der Waals surface area contributed by atoms with Gasteiger partial charge in [0.15, 0.2) is 0 Å². The zero-order valence-corrected chi connectivity index (χ0v) is 11.2. The summed E-state index contributed by atoms with van der Waals surface area (Å²) in [6.45, 7) is 2.96. The van der Waals surface area contributed by atoms with Crippen LogP contribution in [0.2, 0.25) is 0 Å². The van der Waals surface area contributed by atoms with Crippen molar-refractivity contribution in [2.75, 3.05) is 19.7 Å². The number of aliphatic hydroxyl groups is 1. The van der Waals surface area contributed by atoms with E-state index in [1.165, 1.54) is 19.3 Å². The molecule has 4 heteroatoms. The van der Waals surface area contributed by atoms with Crippen LogP contribution >= 0.6 is 0 Å². The molecular weight excluding hydrogens is 228 g/mol. The number of carbonyl (C=O) groups is 1. The van der Waals surface area contributed by atoms with Crippen LogP contribution in [0.3, 0.4) is 0 Å². The fourth-order valence-electron chi connectivity index (χ4n) is 2.45. The van der Waals surface area contributed by atoms with Gasteiger partial charge in [-0.15, -0.1) is 6.42 Å². The van der Waals surface area contributed by atoms with Crippen molar-refractivity contribution in [2.45, 2.75) is 45.1 Å². The number of carbonyl (C=O) groups excluding carboxylic acids is 1. The van der Waals surface area contributed by atoms with Gasteiger partial charge in [-0.3, -0.25) is 4.79 Å². The van der Waals surface area contributed by atoms with Gasteiger partial charge in [0.1, 0.15) is 0 Å². The van der Waals surface area contributed by atoms with Crippen LogP contribution < -0.4 is 10.6 Å². The van der Waals surface area contributed by atoms with Gasteiger partial charge in [0.25, 0.3) is 0 Å². The molecule has 0 spiro atoms. The van der Waals surface area contributed by atoms with Crippen LogP contribution in [0.4, 0.5) is 0 Å². The zero-order chi connectivity index (χ0) is 13.4. The number of amides is 1. The molecule has 0 bridgehead atoms. The van der Waals surface area contributed by atoms with Crippen molar-refractivity contribution in [3.8, 4) is 12.3 Å². The number of hydrogen-bond acceptors (Lipinski definition) is 3. The highest BCUT2D eigenvalue weighted by Crippen LogP contribution is 2.35. The summed E-state index contributed by atoms with van der Waals surface area (Å²) in [7, 11) is 0. The van der Waals surface area contributed by atoms with Crippen LogP contribution in [0.1, 0.15) is 39.0 Å². The average Bonchev–Trinajstić information content (AvgIpc) is 2.43. The SMILES string of the molecule is C#CCNC(=O)C(C)NCC1(CO)CCCCC1. The monoisotopic (exact) mass is 252 g/mol. The van der Waals surface area contributed by atoms with E-state index in [1.807, 2.05) is 6.92 Å². The van der Waals surface area contributed by atoms with Gasteiger partial charge in [0.05, 0.1) is 12.6 Å². The molecule has 1 atom stereocenters. The maximum absolute atomic E-state index is 11.6. The van der Waals surface area contributed by atoms with Crippen LogP contribution in [0.15, 0.2) is 0 Å². The molecule has 1 rings (SSSR count). The topological polar surface area (TPSA) is 61.4 Å². The van der Waals surface area contributed by atoms with Crippen LogP contribution in [0.25, 0.3) is 0 Å². The van der Waals surface area contributed by atoms with E-state index in [9.17, 15) is 9.90 Å². The Kier molecular flexibility index (Phi) is 6.17. The summed E-state index contributed by atoms with van der Waals surface area (Å²) in [4.78, 5) is 11.6. The molecule has 102 valence electrons. The lowest BCUT2D eigenvalue weighted by Gasteiger charge is -2.36. The Morgan fingerprint density at radius 1 is 1.44 bits per heavy atom. The quantitative estimate of drug-likeness (QED) is 0.609. The Hall–Kier alpha value is -1.05. The minimum Gasteiger partial charge on any atom is -0.396 e. The van der Waals surface area contributed by atoms with Crippen molar-refractivity contribution in [3.05, 3.63) is 0 Å². The highest BCUT2D eigenvalue weighted by atomic mass is 16.3. The molecule has 0 aliphatic heterocycles. The summed E-state index contributed by atoms with van der Waals surface area (Å²) >= 11 is 0. The summed E-state index contributed by atoms with van der Waals surface area (Å²) < 4.78 is 0. The lowest BCUT2D eigenvalue weighted by Crippen LogP contribution is -2.48. The van der Waals surface area contributed by atoms with Crippen LogP contribution in [0.5, 0.6) is 0 Å². The molecule has 18 heavy (non-hydrogen) atoms. The molecule has 1 fully saturated rings. The van der Waals surface area contributed by atoms with Crippen molar-refractivity contribution in [3.63, 3.8) is 0 Å². The van der Waals surface area contributed by atoms with Crippen molar-refractivity contribution < 1.29 is 9.90 Å². The van der Waals surface area contributed by atoms with E-state index in [0.29, 0.717) is 6.54 Å². The standard InChI is InChI=1S/C14H24N2O2/c1-3-9-15-13(18)12(2)16-10-14(11-17)7-5-4-6-8-14/h1,12,16-17H,4-11H2,2H3,(H,15,18). The van der Waals surface area contributed by atoms with Gasteiger partial charge >= 0.3 is 0 Å². The zero-order valence-electron chi connectivity index (χ0n) is 11.2. The van der Waals surface area contributed by atoms with Crippen LogP contribution in [-0.2, 0) is 4.79 Å². The predicted molar refractivity (Wildman–Crippen MR) is 71.9 cm³/mol. The predicted octanol–water partition coefficient (Wildman–Crippen LogP) is 0.657. The number of rotatable bonds is 6. The number of hydrogen-bond donors (Lipinski definition) is 3. The van der Waals surface area contributed by atoms with Crippen LogP contribution in [-0.4, -0.2) is 36.8 Å². The number of nitrogens with one attached hydrogen (secondary N) is 2. The molecule has 1 saturated carbocycles. The van der Waals surface area contributed by atoms with Gasteiger partial charge in [-0.25, -0.2) is 0 Å². The maximum atomic E-state index is 11.6. The summed E-state index contributed by atoms with van der Waals surface area (Å²) in [6, 6.07) is -0.274. The minimum atomic E-state index is -0.274. The van der Waals surface area contributed by atoms with Crippen molar-refractivity contribution in [1.29, 1.82) is 0 Å². The van der Waals surface area contributed by atoms with Gasteiger partial charge < -0.3 is 15.7 Å². The highest BCUT2D eigenvalue weighted by molar-refractivity contribution is 5.81. The third-order valence-electron chi connectivity index (χ3n) is 3.79. The second-order valence-electron chi connectivity index (χ2n) is 5.24. The Bertz CT molecular complexity index is 303. The van der Waals surface area contributed by atoms with E-state index in [-0.39, 0.29) is 30.5 Å². The van der Waals surface area contributed by atoms with Crippen molar-refractivity contribution >= 4 is 5.91 Å². The number of aliphatic hydroxyl groups excluding tert-OH is 1. The smallest absolute Gasteiger partial charge is 0.237 e. The molecular formula is C14H24N2O2. The van der Waals surface area contributed by atoms with Gasteiger partial charge in [-0.1, -0.05) is 25.2 Å². The lowest BCUT2D eigenvalue weighted by atomic mass is 9.74. The van der Waals surface area contributed by atoms with E-state index in [0.717, 1.165) is 12.8 Å². The molecule has 1 unspecified atom stereocenters. The number of terminal acetylenes is 1. The van der Waals surface area contributed by atoms with Gasteiger partial charge in [0, 0.05) is 18.6 Å². The van der Waals surface area contributed by atoms with E-state index in [2.05, 4.69) is 16.6 Å². The Balaban J connectivity index is 2.38. The summed E-state index contributed by atoms with van der Waals surface area (Å²) in [5.74, 6) is 2.29. The second kappa shape index (κ2) is 7.40. The van der Waals surface area contributed by atoms with Gasteiger partial charge in [-0.05, 0) is 19.8 Å². The van der Waals surface area contributed by atoms with E-state index in [1.54, 1.807) is 0 Å². The van der Waals surface area contributed by atoms with Crippen molar-refractivity contribution in [2.24, 2.45) is 5.41 Å². The van der Waals surface area contributed by atoms with E-state index < -0.39 is 0 Å². The van der Waals surface area contributed by atoms with Crippen molar-refractivity contribution in [1.82, 2.24) is 10.6 Å². The summed E-state index contributed by atoms with van der Waals surface area (Å²) in [6.07, 6.45) is 10.7. The normalized spacial score (nSPS) is 19.8. The second-order valence-corrected chi connectivity index (χ2v) is 5.24. The fourth-order valence-corrected chi connectivity index (χ4v) is 2.45. The Labute approximate surface area is 110 Å². The third kappa shape index (κ3) is 4.32. The van der Waals surface area contributed by atoms with Gasteiger partial charge in [0.2, 0.25) is 5.91 Å².